The predicted molar refractivity (Wildman–Crippen MR) is 61.6 cm³/mol. The van der Waals surface area contributed by atoms with Crippen LogP contribution in [0.3, 0.4) is 0 Å². The first-order valence-electron chi connectivity index (χ1n) is 4.39. The summed E-state index contributed by atoms with van der Waals surface area (Å²) in [7, 11) is 0. The van der Waals surface area contributed by atoms with Crippen molar-refractivity contribution in [2.24, 2.45) is 0 Å². The minimum absolute atomic E-state index is 0.246. The molecule has 0 fully saturated rings. The molecule has 2 N–H and O–H groups in total. The van der Waals surface area contributed by atoms with Crippen molar-refractivity contribution in [3.63, 3.8) is 0 Å². The van der Waals surface area contributed by atoms with Crippen LogP contribution in [0.1, 0.15) is 12.0 Å². The van der Waals surface area contributed by atoms with Crippen molar-refractivity contribution in [2.45, 2.75) is 6.42 Å². The number of hydrogen-bond acceptors (Lipinski definition) is 4. The summed E-state index contributed by atoms with van der Waals surface area (Å²) in [5, 5.41) is 0.537. The summed E-state index contributed by atoms with van der Waals surface area (Å²) in [6.45, 7) is 0. The number of nitrogens with two attached hydrogens (primary N) is 1. The molecule has 0 aliphatic heterocycles. The van der Waals surface area contributed by atoms with Gasteiger partial charge < -0.3 is 10.5 Å². The maximum Gasteiger partial charge on any atom is 0.181 e. The first-order valence-corrected chi connectivity index (χ1v) is 5.20. The number of aromatic nitrogens is 1. The molecule has 15 heavy (non-hydrogen) atoms. The number of nitrogens with zero attached hydrogens (tertiary/aromatic N) is 1. The van der Waals surface area contributed by atoms with Crippen LogP contribution in [0.5, 0.6) is 0 Å². The van der Waals surface area contributed by atoms with E-state index in [-0.39, 0.29) is 6.42 Å². The lowest BCUT2D eigenvalue weighted by Crippen LogP contribution is -1.82. The summed E-state index contributed by atoms with van der Waals surface area (Å²) < 4.78 is 1.02. The topological polar surface area (TPSA) is 56.0 Å². The summed E-state index contributed by atoms with van der Waals surface area (Å²) in [5.41, 5.74) is 7.26. The van der Waals surface area contributed by atoms with Crippen molar-refractivity contribution in [1.82, 2.24) is 4.98 Å². The van der Waals surface area contributed by atoms with Gasteiger partial charge in [-0.05, 0) is 12.1 Å². The van der Waals surface area contributed by atoms with E-state index in [1.54, 1.807) is 0 Å². The van der Waals surface area contributed by atoms with Crippen LogP contribution in [-0.4, -0.2) is 11.3 Å². The number of rotatable bonds is 1. The van der Waals surface area contributed by atoms with Gasteiger partial charge in [0.1, 0.15) is 6.29 Å². The number of benzene rings is 1. The lowest BCUT2D eigenvalue weighted by atomic mass is 10.2. The van der Waals surface area contributed by atoms with Crippen LogP contribution in [0.15, 0.2) is 18.2 Å². The molecule has 0 spiro atoms. The fraction of sp³-hybridized carbons (Fsp3) is 0.0909. The Balaban J connectivity index is 2.52. The van der Waals surface area contributed by atoms with E-state index in [0.717, 1.165) is 22.1 Å². The zero-order valence-electron chi connectivity index (χ0n) is 7.86. The molecule has 0 aliphatic carbocycles. The van der Waals surface area contributed by atoms with Crippen LogP contribution in [0.2, 0.25) is 0 Å². The zero-order valence-corrected chi connectivity index (χ0v) is 8.67. The summed E-state index contributed by atoms with van der Waals surface area (Å²) in [6, 6.07) is 5.73. The average Bonchev–Trinajstić information content (AvgIpc) is 2.59. The summed E-state index contributed by atoms with van der Waals surface area (Å²) >= 11 is 1.43. The molecule has 0 unspecified atom stereocenters. The Kier molecular flexibility index (Phi) is 2.66. The lowest BCUT2D eigenvalue weighted by molar-refractivity contribution is -0.107. The quantitative estimate of drug-likeness (QED) is 0.584. The fourth-order valence-corrected chi connectivity index (χ4v) is 2.02. The second-order valence-corrected chi connectivity index (χ2v) is 3.94. The van der Waals surface area contributed by atoms with Crippen LogP contribution in [0.25, 0.3) is 10.2 Å². The Morgan fingerprint density at radius 1 is 1.53 bits per heavy atom. The van der Waals surface area contributed by atoms with E-state index in [2.05, 4.69) is 16.8 Å². The molecule has 0 saturated heterocycles. The Bertz CT molecular complexity index is 563. The molecule has 0 aliphatic rings. The number of para-hydroxylation sites is 1. The van der Waals surface area contributed by atoms with Gasteiger partial charge in [0.15, 0.2) is 5.13 Å². The van der Waals surface area contributed by atoms with Crippen molar-refractivity contribution < 1.29 is 4.79 Å². The van der Waals surface area contributed by atoms with Gasteiger partial charge in [-0.15, -0.1) is 0 Å². The van der Waals surface area contributed by atoms with Crippen molar-refractivity contribution >= 4 is 33.0 Å². The molecule has 0 saturated carbocycles. The molecule has 0 radical (unpaired) electrons. The lowest BCUT2D eigenvalue weighted by Gasteiger charge is -1.90. The molecule has 1 heterocycles. The fourth-order valence-electron chi connectivity index (χ4n) is 1.25. The van der Waals surface area contributed by atoms with Gasteiger partial charge >= 0.3 is 0 Å². The molecular weight excluding hydrogens is 208 g/mol. The Morgan fingerprint density at radius 3 is 3.20 bits per heavy atom. The molecule has 3 nitrogen and oxygen atoms in total. The van der Waals surface area contributed by atoms with Crippen LogP contribution < -0.4 is 5.73 Å². The van der Waals surface area contributed by atoms with Crippen molar-refractivity contribution in [3.05, 3.63) is 23.8 Å². The van der Waals surface area contributed by atoms with Crippen LogP contribution in [0, 0.1) is 11.8 Å². The first-order chi connectivity index (χ1) is 7.31. The van der Waals surface area contributed by atoms with E-state index < -0.39 is 0 Å². The van der Waals surface area contributed by atoms with E-state index in [1.165, 1.54) is 11.3 Å². The largest absolute Gasteiger partial charge is 0.375 e. The van der Waals surface area contributed by atoms with E-state index in [4.69, 9.17) is 5.73 Å². The van der Waals surface area contributed by atoms with Gasteiger partial charge in [-0.25, -0.2) is 4.98 Å². The molecule has 2 aromatic rings. The van der Waals surface area contributed by atoms with Gasteiger partial charge in [-0.2, -0.15) is 0 Å². The third-order valence-corrected chi connectivity index (χ3v) is 2.69. The Morgan fingerprint density at radius 2 is 2.40 bits per heavy atom. The molecule has 4 heteroatoms. The maximum atomic E-state index is 10.1. The van der Waals surface area contributed by atoms with Crippen molar-refractivity contribution in [3.8, 4) is 11.8 Å². The number of thiazole rings is 1. The van der Waals surface area contributed by atoms with Crippen LogP contribution in [-0.2, 0) is 4.79 Å². The molecule has 2 rings (SSSR count). The number of nitrogen functional groups attached to an aromatic ring is 1. The smallest absolute Gasteiger partial charge is 0.181 e. The van der Waals surface area contributed by atoms with Crippen molar-refractivity contribution in [1.29, 1.82) is 0 Å². The van der Waals surface area contributed by atoms with E-state index in [9.17, 15) is 4.79 Å². The Hall–Kier alpha value is -1.86. The molecule has 0 bridgehead atoms. The molecule has 0 atom stereocenters. The van der Waals surface area contributed by atoms with Crippen molar-refractivity contribution in [2.75, 3.05) is 5.73 Å². The summed E-state index contributed by atoms with van der Waals surface area (Å²) in [5.74, 6) is 5.67. The third-order valence-electron chi connectivity index (χ3n) is 1.84. The minimum Gasteiger partial charge on any atom is -0.375 e. The standard InChI is InChI=1S/C11H8N2OS/c12-11-13-10-8(4-1-2-7-14)5-3-6-9(10)15-11/h3,5-7H,2H2,(H2,12,13). The second kappa shape index (κ2) is 4.11. The first kappa shape index (κ1) is 9.69. The highest BCUT2D eigenvalue weighted by Gasteiger charge is 2.03. The number of carbonyl (C=O) groups is 1. The van der Waals surface area contributed by atoms with Crippen LogP contribution >= 0.6 is 11.3 Å². The molecular formula is C11H8N2OS. The van der Waals surface area contributed by atoms with E-state index in [1.807, 2.05) is 18.2 Å². The normalized spacial score (nSPS) is 9.60. The number of aldehydes is 1. The Labute approximate surface area is 90.9 Å². The highest BCUT2D eigenvalue weighted by molar-refractivity contribution is 7.22. The van der Waals surface area contributed by atoms with Gasteiger partial charge in [-0.3, -0.25) is 0 Å². The van der Waals surface area contributed by atoms with Gasteiger partial charge in [0.05, 0.1) is 22.2 Å². The molecule has 74 valence electrons. The van der Waals surface area contributed by atoms with E-state index >= 15 is 0 Å². The summed E-state index contributed by atoms with van der Waals surface area (Å²) in [4.78, 5) is 14.3. The third kappa shape index (κ3) is 1.97. The SMILES string of the molecule is Nc1nc2c(C#CCC=O)cccc2s1. The maximum absolute atomic E-state index is 10.1. The monoisotopic (exact) mass is 216 g/mol. The van der Waals surface area contributed by atoms with Gasteiger partial charge in [-0.1, -0.05) is 29.2 Å². The summed E-state index contributed by atoms with van der Waals surface area (Å²) in [6.07, 6.45) is 1.03. The number of hydrogen-bond donors (Lipinski definition) is 1. The highest BCUT2D eigenvalue weighted by Crippen LogP contribution is 2.25. The zero-order chi connectivity index (χ0) is 10.7. The number of anilines is 1. The molecule has 0 amide bonds. The minimum atomic E-state index is 0.246. The average molecular weight is 216 g/mol. The number of carbonyl (C=O) groups excluding carboxylic acids is 1. The highest BCUT2D eigenvalue weighted by atomic mass is 32.1. The van der Waals surface area contributed by atoms with E-state index in [0.29, 0.717) is 5.13 Å². The van der Waals surface area contributed by atoms with Crippen LogP contribution in [0.4, 0.5) is 5.13 Å². The second-order valence-electron chi connectivity index (χ2n) is 2.88. The number of fused-ring (bicyclic) bond motifs is 1. The molecule has 1 aromatic carbocycles. The van der Waals surface area contributed by atoms with Gasteiger partial charge in [0.2, 0.25) is 0 Å². The van der Waals surface area contributed by atoms with Gasteiger partial charge in [0.25, 0.3) is 0 Å². The predicted octanol–water partition coefficient (Wildman–Crippen LogP) is 1.82. The van der Waals surface area contributed by atoms with Gasteiger partial charge in [0, 0.05) is 0 Å². The molecule has 1 aromatic heterocycles.